The van der Waals surface area contributed by atoms with Crippen molar-refractivity contribution in [3.05, 3.63) is 46.8 Å². The van der Waals surface area contributed by atoms with Crippen LogP contribution in [0, 0.1) is 17.2 Å². The van der Waals surface area contributed by atoms with Gasteiger partial charge in [-0.25, -0.2) is 9.97 Å². The molecule has 0 spiro atoms. The zero-order chi connectivity index (χ0) is 16.9. The van der Waals surface area contributed by atoms with Crippen LogP contribution in [-0.2, 0) is 4.79 Å². The highest BCUT2D eigenvalue weighted by Crippen LogP contribution is 2.24. The van der Waals surface area contributed by atoms with E-state index in [1.807, 2.05) is 29.2 Å². The van der Waals surface area contributed by atoms with Gasteiger partial charge >= 0.3 is 0 Å². The molecule has 1 aliphatic rings. The van der Waals surface area contributed by atoms with Gasteiger partial charge in [-0.15, -0.1) is 0 Å². The van der Waals surface area contributed by atoms with Crippen molar-refractivity contribution in [2.75, 3.05) is 23.3 Å². The highest BCUT2D eigenvalue weighted by molar-refractivity contribution is 9.10. The Hall–Kier alpha value is -2.46. The predicted octanol–water partition coefficient (Wildman–Crippen LogP) is 2.97. The molecular weight excluding hydrogens is 370 g/mol. The predicted molar refractivity (Wildman–Crippen MR) is 94.5 cm³/mol. The average molecular weight is 386 g/mol. The Morgan fingerprint density at radius 1 is 1.21 bits per heavy atom. The number of hydrogen-bond donors (Lipinski definition) is 1. The lowest BCUT2D eigenvalue weighted by Gasteiger charge is -2.32. The Morgan fingerprint density at radius 2 is 1.88 bits per heavy atom. The molecule has 0 aliphatic carbocycles. The molecule has 0 atom stereocenters. The molecule has 1 amide bonds. The molecule has 1 aromatic carbocycles. The molecule has 0 unspecified atom stereocenters. The lowest BCUT2D eigenvalue weighted by Crippen LogP contribution is -2.39. The molecule has 6 nitrogen and oxygen atoms in total. The molecule has 2 heterocycles. The van der Waals surface area contributed by atoms with Crippen molar-refractivity contribution in [2.45, 2.75) is 12.8 Å². The number of rotatable bonds is 3. The first-order chi connectivity index (χ1) is 11.7. The van der Waals surface area contributed by atoms with E-state index in [4.69, 9.17) is 5.26 Å². The maximum absolute atomic E-state index is 12.4. The van der Waals surface area contributed by atoms with Crippen LogP contribution in [0.3, 0.4) is 0 Å². The van der Waals surface area contributed by atoms with Gasteiger partial charge in [0.2, 0.25) is 5.91 Å². The van der Waals surface area contributed by atoms with Crippen LogP contribution in [0.15, 0.2) is 41.1 Å². The van der Waals surface area contributed by atoms with E-state index in [0.717, 1.165) is 23.0 Å². The van der Waals surface area contributed by atoms with Gasteiger partial charge in [0, 0.05) is 41.6 Å². The summed E-state index contributed by atoms with van der Waals surface area (Å²) in [4.78, 5) is 22.7. The lowest BCUT2D eigenvalue weighted by atomic mass is 9.95. The summed E-state index contributed by atoms with van der Waals surface area (Å²) in [5, 5.41) is 12.1. The SMILES string of the molecule is N#Cc1nccnc1N1CCC(C(=O)Nc2ccc(Br)cc2)CC1. The van der Waals surface area contributed by atoms with Gasteiger partial charge in [0.05, 0.1) is 0 Å². The molecule has 1 saturated heterocycles. The Kier molecular flexibility index (Phi) is 5.06. The third-order valence-corrected chi connectivity index (χ3v) is 4.59. The van der Waals surface area contributed by atoms with Crippen molar-refractivity contribution in [3.63, 3.8) is 0 Å². The number of anilines is 2. The summed E-state index contributed by atoms with van der Waals surface area (Å²) in [5.74, 6) is 0.607. The fraction of sp³-hybridized carbons (Fsp3) is 0.294. The van der Waals surface area contributed by atoms with Gasteiger partial charge in [-0.2, -0.15) is 5.26 Å². The van der Waals surface area contributed by atoms with E-state index in [1.54, 1.807) is 6.20 Å². The highest BCUT2D eigenvalue weighted by Gasteiger charge is 2.27. The first-order valence-electron chi connectivity index (χ1n) is 7.70. The topological polar surface area (TPSA) is 81.9 Å². The molecule has 7 heteroatoms. The molecule has 1 fully saturated rings. The molecule has 1 aliphatic heterocycles. The van der Waals surface area contributed by atoms with Crippen LogP contribution in [0.1, 0.15) is 18.5 Å². The second-order valence-corrected chi connectivity index (χ2v) is 6.51. The van der Waals surface area contributed by atoms with Crippen molar-refractivity contribution in [2.24, 2.45) is 5.92 Å². The second kappa shape index (κ2) is 7.41. The van der Waals surface area contributed by atoms with Crippen LogP contribution in [0.4, 0.5) is 11.5 Å². The molecule has 0 saturated carbocycles. The molecule has 24 heavy (non-hydrogen) atoms. The number of nitrogens with zero attached hydrogens (tertiary/aromatic N) is 4. The van der Waals surface area contributed by atoms with E-state index < -0.39 is 0 Å². The first-order valence-corrected chi connectivity index (χ1v) is 8.49. The summed E-state index contributed by atoms with van der Waals surface area (Å²) >= 11 is 3.38. The van der Waals surface area contributed by atoms with Crippen molar-refractivity contribution < 1.29 is 4.79 Å². The first kappa shape index (κ1) is 16.4. The quantitative estimate of drug-likeness (QED) is 0.877. The monoisotopic (exact) mass is 385 g/mol. The molecule has 1 aromatic heterocycles. The maximum atomic E-state index is 12.4. The minimum atomic E-state index is -0.0351. The largest absolute Gasteiger partial charge is 0.354 e. The van der Waals surface area contributed by atoms with Gasteiger partial charge in [-0.05, 0) is 37.1 Å². The van der Waals surface area contributed by atoms with Gasteiger partial charge in [0.1, 0.15) is 6.07 Å². The number of carbonyl (C=O) groups is 1. The van der Waals surface area contributed by atoms with E-state index in [1.165, 1.54) is 6.20 Å². The summed E-state index contributed by atoms with van der Waals surface area (Å²) in [6.07, 6.45) is 4.55. The van der Waals surface area contributed by atoms with Crippen LogP contribution < -0.4 is 10.2 Å². The van der Waals surface area contributed by atoms with E-state index in [0.29, 0.717) is 24.6 Å². The number of benzene rings is 1. The molecule has 122 valence electrons. The Morgan fingerprint density at radius 3 is 2.54 bits per heavy atom. The average Bonchev–Trinajstić information content (AvgIpc) is 2.63. The molecule has 3 rings (SSSR count). The van der Waals surface area contributed by atoms with Gasteiger partial charge < -0.3 is 10.2 Å². The summed E-state index contributed by atoms with van der Waals surface area (Å²) in [5.41, 5.74) is 1.13. The molecule has 0 radical (unpaired) electrons. The number of nitriles is 1. The summed E-state index contributed by atoms with van der Waals surface area (Å²) in [6.45, 7) is 1.37. The van der Waals surface area contributed by atoms with Crippen LogP contribution in [0.5, 0.6) is 0 Å². The van der Waals surface area contributed by atoms with Crippen LogP contribution in [0.25, 0.3) is 0 Å². The van der Waals surface area contributed by atoms with E-state index in [2.05, 4.69) is 37.3 Å². The van der Waals surface area contributed by atoms with Crippen molar-refractivity contribution >= 4 is 33.3 Å². The summed E-state index contributed by atoms with van der Waals surface area (Å²) < 4.78 is 0.978. The number of amides is 1. The number of aromatic nitrogens is 2. The molecular formula is C17H16BrN5O. The maximum Gasteiger partial charge on any atom is 0.227 e. The highest BCUT2D eigenvalue weighted by atomic mass is 79.9. The van der Waals surface area contributed by atoms with E-state index in [-0.39, 0.29) is 11.8 Å². The number of nitrogens with one attached hydrogen (secondary N) is 1. The number of piperidine rings is 1. The number of carbonyl (C=O) groups excluding carboxylic acids is 1. The third-order valence-electron chi connectivity index (χ3n) is 4.06. The van der Waals surface area contributed by atoms with Gasteiger partial charge in [0.25, 0.3) is 0 Å². The van der Waals surface area contributed by atoms with E-state index in [9.17, 15) is 4.79 Å². The minimum absolute atomic E-state index is 0.0351. The van der Waals surface area contributed by atoms with Crippen LogP contribution in [-0.4, -0.2) is 29.0 Å². The standard InChI is InChI=1S/C17H16BrN5O/c18-13-1-3-14(4-2-13)22-17(24)12-5-9-23(10-6-12)16-15(11-19)20-7-8-21-16/h1-4,7-8,12H,5-6,9-10H2,(H,22,24). The normalized spacial score (nSPS) is 14.9. The molecule has 1 N–H and O–H groups in total. The third kappa shape index (κ3) is 3.71. The van der Waals surface area contributed by atoms with Crippen LogP contribution in [0.2, 0.25) is 0 Å². The molecule has 0 bridgehead atoms. The van der Waals surface area contributed by atoms with Gasteiger partial charge in [0.15, 0.2) is 11.5 Å². The fourth-order valence-electron chi connectivity index (χ4n) is 2.77. The number of halogens is 1. The fourth-order valence-corrected chi connectivity index (χ4v) is 3.04. The second-order valence-electron chi connectivity index (χ2n) is 5.60. The Bertz CT molecular complexity index is 763. The van der Waals surface area contributed by atoms with Crippen molar-refractivity contribution in [1.29, 1.82) is 5.26 Å². The lowest BCUT2D eigenvalue weighted by molar-refractivity contribution is -0.120. The van der Waals surface area contributed by atoms with Crippen molar-refractivity contribution in [3.8, 4) is 6.07 Å². The minimum Gasteiger partial charge on any atom is -0.354 e. The van der Waals surface area contributed by atoms with E-state index >= 15 is 0 Å². The zero-order valence-corrected chi connectivity index (χ0v) is 14.5. The Labute approximate surface area is 148 Å². The zero-order valence-electron chi connectivity index (χ0n) is 12.9. The van der Waals surface area contributed by atoms with Crippen molar-refractivity contribution in [1.82, 2.24) is 9.97 Å². The Balaban J connectivity index is 1.59. The smallest absolute Gasteiger partial charge is 0.227 e. The summed E-state index contributed by atoms with van der Waals surface area (Å²) in [7, 11) is 0. The summed E-state index contributed by atoms with van der Waals surface area (Å²) in [6, 6.07) is 9.60. The van der Waals surface area contributed by atoms with Gasteiger partial charge in [-0.1, -0.05) is 15.9 Å². The van der Waals surface area contributed by atoms with Crippen LogP contribution >= 0.6 is 15.9 Å². The van der Waals surface area contributed by atoms with Gasteiger partial charge in [-0.3, -0.25) is 4.79 Å². The molecule has 2 aromatic rings. The number of hydrogen-bond acceptors (Lipinski definition) is 5.